The molecule has 1 aromatic rings. The molecule has 1 aliphatic carbocycles. The van der Waals surface area contributed by atoms with Crippen molar-refractivity contribution in [3.63, 3.8) is 0 Å². The Morgan fingerprint density at radius 3 is 2.87 bits per heavy atom. The Hall–Kier alpha value is -1.43. The molecule has 1 aromatic heterocycles. The highest BCUT2D eigenvalue weighted by molar-refractivity contribution is 5.86. The topological polar surface area (TPSA) is 90.9 Å². The number of aromatic amines is 1. The van der Waals surface area contributed by atoms with E-state index < -0.39 is 5.97 Å². The molecular weight excluding hydrogens is 196 g/mol. The fourth-order valence-electron chi connectivity index (χ4n) is 1.92. The van der Waals surface area contributed by atoms with Crippen molar-refractivity contribution in [3.8, 4) is 0 Å². The zero-order valence-electron chi connectivity index (χ0n) is 8.36. The van der Waals surface area contributed by atoms with Crippen molar-refractivity contribution in [2.45, 2.75) is 38.3 Å². The standard InChI is InChI=1S/C9H14N4O2/c14-9(15)8-7(11-13-12-8)5-10-6-3-1-2-4-6/h6,10H,1-5H2,(H,14,15)(H,11,12,13). The zero-order chi connectivity index (χ0) is 10.7. The predicted molar refractivity (Wildman–Crippen MR) is 52.4 cm³/mol. The number of carboxylic acid groups (broad SMARTS) is 1. The third-order valence-corrected chi connectivity index (χ3v) is 2.74. The summed E-state index contributed by atoms with van der Waals surface area (Å²) in [6.07, 6.45) is 4.84. The molecule has 0 atom stereocenters. The number of nitrogens with one attached hydrogen (secondary N) is 2. The summed E-state index contributed by atoms with van der Waals surface area (Å²) < 4.78 is 0. The van der Waals surface area contributed by atoms with Crippen LogP contribution in [0.25, 0.3) is 0 Å². The number of nitrogens with zero attached hydrogens (tertiary/aromatic N) is 2. The van der Waals surface area contributed by atoms with Gasteiger partial charge in [-0.3, -0.25) is 0 Å². The molecule has 0 radical (unpaired) electrons. The van der Waals surface area contributed by atoms with Gasteiger partial charge in [-0.25, -0.2) is 4.79 Å². The Kier molecular flexibility index (Phi) is 2.96. The molecule has 6 nitrogen and oxygen atoms in total. The quantitative estimate of drug-likeness (QED) is 0.674. The molecule has 6 heteroatoms. The van der Waals surface area contributed by atoms with Crippen LogP contribution >= 0.6 is 0 Å². The average Bonchev–Trinajstić information content (AvgIpc) is 2.86. The van der Waals surface area contributed by atoms with Gasteiger partial charge in [0.25, 0.3) is 0 Å². The van der Waals surface area contributed by atoms with Crippen LogP contribution in [0.15, 0.2) is 0 Å². The number of aromatic nitrogens is 3. The molecule has 2 rings (SSSR count). The minimum absolute atomic E-state index is 0.0143. The molecule has 1 aliphatic rings. The van der Waals surface area contributed by atoms with E-state index >= 15 is 0 Å². The molecular formula is C9H14N4O2. The molecule has 1 saturated carbocycles. The summed E-state index contributed by atoms with van der Waals surface area (Å²) in [5.41, 5.74) is 0.495. The van der Waals surface area contributed by atoms with Crippen LogP contribution in [0.3, 0.4) is 0 Å². The van der Waals surface area contributed by atoms with Crippen LogP contribution in [0, 0.1) is 0 Å². The van der Waals surface area contributed by atoms with E-state index in [1.54, 1.807) is 0 Å². The molecule has 0 bridgehead atoms. The number of carboxylic acids is 1. The number of hydrogen-bond donors (Lipinski definition) is 3. The molecule has 0 aliphatic heterocycles. The molecule has 0 unspecified atom stereocenters. The third kappa shape index (κ3) is 2.33. The lowest BCUT2D eigenvalue weighted by Crippen LogP contribution is -2.26. The Balaban J connectivity index is 1.92. The first-order valence-electron chi connectivity index (χ1n) is 5.13. The molecule has 82 valence electrons. The Morgan fingerprint density at radius 1 is 1.47 bits per heavy atom. The summed E-state index contributed by atoms with van der Waals surface area (Å²) in [5.74, 6) is -1.04. The monoisotopic (exact) mass is 210 g/mol. The SMILES string of the molecule is O=C(O)c1n[nH]nc1CNC1CCCC1. The second-order valence-electron chi connectivity index (χ2n) is 3.79. The first kappa shape index (κ1) is 10.1. The first-order chi connectivity index (χ1) is 7.27. The Labute approximate surface area is 87.1 Å². The number of aromatic carboxylic acids is 1. The number of carbonyl (C=O) groups is 1. The number of H-pyrrole nitrogens is 1. The van der Waals surface area contributed by atoms with Gasteiger partial charge in [0.1, 0.15) is 5.69 Å². The van der Waals surface area contributed by atoms with Crippen molar-refractivity contribution >= 4 is 5.97 Å². The van der Waals surface area contributed by atoms with E-state index in [0.29, 0.717) is 18.3 Å². The fourth-order valence-corrected chi connectivity index (χ4v) is 1.92. The molecule has 0 spiro atoms. The van der Waals surface area contributed by atoms with E-state index in [-0.39, 0.29) is 5.69 Å². The average molecular weight is 210 g/mol. The smallest absolute Gasteiger partial charge is 0.358 e. The summed E-state index contributed by atoms with van der Waals surface area (Å²) in [6, 6.07) is 0.503. The molecule has 0 amide bonds. The normalized spacial score (nSPS) is 17.1. The first-order valence-corrected chi connectivity index (χ1v) is 5.13. The van der Waals surface area contributed by atoms with Crippen LogP contribution in [0.5, 0.6) is 0 Å². The van der Waals surface area contributed by atoms with E-state index in [9.17, 15) is 4.79 Å². The van der Waals surface area contributed by atoms with Gasteiger partial charge in [0, 0.05) is 12.6 Å². The van der Waals surface area contributed by atoms with Gasteiger partial charge in [-0.05, 0) is 12.8 Å². The van der Waals surface area contributed by atoms with Gasteiger partial charge in [-0.1, -0.05) is 12.8 Å². The lowest BCUT2D eigenvalue weighted by atomic mass is 10.2. The van der Waals surface area contributed by atoms with E-state index in [4.69, 9.17) is 5.11 Å². The number of hydrogen-bond acceptors (Lipinski definition) is 4. The van der Waals surface area contributed by atoms with Crippen LogP contribution in [-0.4, -0.2) is 32.5 Å². The minimum atomic E-state index is -1.04. The van der Waals surface area contributed by atoms with Crippen molar-refractivity contribution < 1.29 is 9.90 Å². The van der Waals surface area contributed by atoms with E-state index in [2.05, 4.69) is 20.7 Å². The molecule has 1 fully saturated rings. The summed E-state index contributed by atoms with van der Waals surface area (Å²) in [6.45, 7) is 0.475. The summed E-state index contributed by atoms with van der Waals surface area (Å²) in [7, 11) is 0. The fraction of sp³-hybridized carbons (Fsp3) is 0.667. The van der Waals surface area contributed by atoms with Crippen molar-refractivity contribution in [3.05, 3.63) is 11.4 Å². The van der Waals surface area contributed by atoms with Crippen LogP contribution in [0.2, 0.25) is 0 Å². The summed E-state index contributed by atoms with van der Waals surface area (Å²) in [4.78, 5) is 10.7. The van der Waals surface area contributed by atoms with Gasteiger partial charge in [-0.2, -0.15) is 10.3 Å². The van der Waals surface area contributed by atoms with Crippen LogP contribution in [0.1, 0.15) is 41.9 Å². The van der Waals surface area contributed by atoms with Crippen LogP contribution < -0.4 is 5.32 Å². The lowest BCUT2D eigenvalue weighted by molar-refractivity contribution is 0.0689. The van der Waals surface area contributed by atoms with Crippen molar-refractivity contribution in [2.24, 2.45) is 0 Å². The summed E-state index contributed by atoms with van der Waals surface area (Å²) in [5, 5.41) is 21.8. The Bertz CT molecular complexity index is 344. The van der Waals surface area contributed by atoms with Crippen LogP contribution in [0.4, 0.5) is 0 Å². The maximum absolute atomic E-state index is 10.7. The lowest BCUT2D eigenvalue weighted by Gasteiger charge is -2.09. The largest absolute Gasteiger partial charge is 0.476 e. The van der Waals surface area contributed by atoms with Crippen molar-refractivity contribution in [1.82, 2.24) is 20.7 Å². The van der Waals surface area contributed by atoms with Gasteiger partial charge in [0.05, 0.1) is 0 Å². The van der Waals surface area contributed by atoms with Crippen molar-refractivity contribution in [2.75, 3.05) is 0 Å². The van der Waals surface area contributed by atoms with Gasteiger partial charge >= 0.3 is 5.97 Å². The highest BCUT2D eigenvalue weighted by Crippen LogP contribution is 2.18. The van der Waals surface area contributed by atoms with Gasteiger partial charge in [0.15, 0.2) is 5.69 Å². The maximum Gasteiger partial charge on any atom is 0.358 e. The maximum atomic E-state index is 10.7. The zero-order valence-corrected chi connectivity index (χ0v) is 8.36. The van der Waals surface area contributed by atoms with Crippen molar-refractivity contribution in [1.29, 1.82) is 0 Å². The molecule has 1 heterocycles. The third-order valence-electron chi connectivity index (χ3n) is 2.74. The molecule has 3 N–H and O–H groups in total. The highest BCUT2D eigenvalue weighted by Gasteiger charge is 2.18. The minimum Gasteiger partial charge on any atom is -0.476 e. The van der Waals surface area contributed by atoms with Gasteiger partial charge < -0.3 is 10.4 Å². The Morgan fingerprint density at radius 2 is 2.20 bits per heavy atom. The van der Waals surface area contributed by atoms with E-state index in [1.807, 2.05) is 0 Å². The second kappa shape index (κ2) is 4.39. The number of rotatable bonds is 4. The second-order valence-corrected chi connectivity index (χ2v) is 3.79. The van der Waals surface area contributed by atoms with E-state index in [1.165, 1.54) is 25.7 Å². The molecule has 0 aromatic carbocycles. The predicted octanol–water partition coefficient (Wildman–Crippen LogP) is 0.535. The van der Waals surface area contributed by atoms with Gasteiger partial charge in [0.2, 0.25) is 0 Å². The van der Waals surface area contributed by atoms with E-state index in [0.717, 1.165) is 0 Å². The molecule has 15 heavy (non-hydrogen) atoms. The molecule has 0 saturated heterocycles. The summed E-state index contributed by atoms with van der Waals surface area (Å²) >= 11 is 0. The van der Waals surface area contributed by atoms with Crippen LogP contribution in [-0.2, 0) is 6.54 Å². The van der Waals surface area contributed by atoms with Gasteiger partial charge in [-0.15, -0.1) is 5.10 Å². The highest BCUT2D eigenvalue weighted by atomic mass is 16.4.